The van der Waals surface area contributed by atoms with Gasteiger partial charge in [-0.3, -0.25) is 0 Å². The fraction of sp³-hybridized carbons (Fsp3) is 0.333. The van der Waals surface area contributed by atoms with Crippen molar-refractivity contribution in [3.05, 3.63) is 42.5 Å². The Morgan fingerprint density at radius 3 is 3.14 bits per heavy atom. The van der Waals surface area contributed by atoms with Crippen LogP contribution < -0.4 is 5.32 Å². The molecule has 1 unspecified atom stereocenters. The Kier molecular flexibility index (Phi) is 3.14. The number of thioether (sulfide) groups is 1. The van der Waals surface area contributed by atoms with Gasteiger partial charge in [-0.2, -0.15) is 11.8 Å². The van der Waals surface area contributed by atoms with Gasteiger partial charge in [0.25, 0.3) is 0 Å². The van der Waals surface area contributed by atoms with Crippen LogP contribution in [-0.4, -0.2) is 17.5 Å². The Morgan fingerprint density at radius 1 is 1.50 bits per heavy atom. The Labute approximate surface area is 89.6 Å². The zero-order valence-electron chi connectivity index (χ0n) is 8.20. The summed E-state index contributed by atoms with van der Waals surface area (Å²) in [6.45, 7) is 3.72. The second kappa shape index (κ2) is 4.56. The van der Waals surface area contributed by atoms with E-state index in [4.69, 9.17) is 0 Å². The molecule has 0 aromatic heterocycles. The van der Waals surface area contributed by atoms with Crippen LogP contribution in [0.25, 0.3) is 0 Å². The predicted octanol–water partition coefficient (Wildman–Crippen LogP) is 2.94. The molecule has 1 N–H and O–H groups in total. The Hall–Kier alpha value is -0.890. The van der Waals surface area contributed by atoms with Crippen LogP contribution in [0.2, 0.25) is 0 Å². The molecule has 2 heteroatoms. The van der Waals surface area contributed by atoms with Crippen molar-refractivity contribution < 1.29 is 0 Å². The highest BCUT2D eigenvalue weighted by atomic mass is 32.2. The van der Waals surface area contributed by atoms with Crippen molar-refractivity contribution in [3.63, 3.8) is 0 Å². The summed E-state index contributed by atoms with van der Waals surface area (Å²) in [5, 5.41) is 3.54. The topological polar surface area (TPSA) is 12.0 Å². The minimum Gasteiger partial charge on any atom is -0.381 e. The van der Waals surface area contributed by atoms with Crippen molar-refractivity contribution in [1.29, 1.82) is 0 Å². The van der Waals surface area contributed by atoms with E-state index in [-0.39, 0.29) is 0 Å². The van der Waals surface area contributed by atoms with Crippen molar-refractivity contribution in [2.24, 2.45) is 0 Å². The molecule has 0 radical (unpaired) electrons. The molecule has 0 aliphatic carbocycles. The lowest BCUT2D eigenvalue weighted by atomic mass is 10.1. The minimum absolute atomic E-state index is 0.609. The summed E-state index contributed by atoms with van der Waals surface area (Å²) in [6.07, 6.45) is 3.13. The van der Waals surface area contributed by atoms with Crippen LogP contribution in [0.15, 0.2) is 36.9 Å². The van der Waals surface area contributed by atoms with E-state index >= 15 is 0 Å². The van der Waals surface area contributed by atoms with Crippen LogP contribution in [-0.2, 0) is 6.42 Å². The number of hydrogen-bond donors (Lipinski definition) is 1. The fourth-order valence-electron chi connectivity index (χ4n) is 1.77. The summed E-state index contributed by atoms with van der Waals surface area (Å²) in [5.41, 5.74) is 2.77. The third-order valence-corrected chi connectivity index (χ3v) is 3.51. The van der Waals surface area contributed by atoms with Crippen LogP contribution in [0.5, 0.6) is 0 Å². The second-order valence-corrected chi connectivity index (χ2v) is 4.60. The molecular weight excluding hydrogens is 190 g/mol. The van der Waals surface area contributed by atoms with Crippen LogP contribution in [0.4, 0.5) is 5.69 Å². The van der Waals surface area contributed by atoms with E-state index in [1.165, 1.54) is 23.4 Å². The van der Waals surface area contributed by atoms with Gasteiger partial charge >= 0.3 is 0 Å². The van der Waals surface area contributed by atoms with Crippen molar-refractivity contribution in [1.82, 2.24) is 0 Å². The van der Waals surface area contributed by atoms with Gasteiger partial charge in [-0.05, 0) is 18.1 Å². The molecule has 0 bridgehead atoms. The summed E-state index contributed by atoms with van der Waals surface area (Å²) < 4.78 is 0. The molecule has 0 amide bonds. The van der Waals surface area contributed by atoms with Gasteiger partial charge in [-0.25, -0.2) is 0 Å². The molecule has 1 aliphatic rings. The third kappa shape index (κ3) is 2.13. The molecular formula is C12H15NS. The standard InChI is InChI=1S/C12H15NS/c1-2-7-14-9-11-8-10-5-3-4-6-12(10)13-11/h2-6,11,13H,1,7-9H2. The van der Waals surface area contributed by atoms with Gasteiger partial charge in [0, 0.05) is 23.2 Å². The Balaban J connectivity index is 1.88. The van der Waals surface area contributed by atoms with Crippen LogP contribution in [0.3, 0.4) is 0 Å². The number of fused-ring (bicyclic) bond motifs is 1. The zero-order valence-corrected chi connectivity index (χ0v) is 9.02. The van der Waals surface area contributed by atoms with E-state index in [9.17, 15) is 0 Å². The molecule has 74 valence electrons. The lowest BCUT2D eigenvalue weighted by molar-refractivity contribution is 0.852. The number of benzene rings is 1. The first kappa shape index (κ1) is 9.66. The third-order valence-electron chi connectivity index (χ3n) is 2.40. The molecule has 0 fully saturated rings. The van der Waals surface area contributed by atoms with Gasteiger partial charge in [0.05, 0.1) is 0 Å². The van der Waals surface area contributed by atoms with Crippen molar-refractivity contribution in [2.75, 3.05) is 16.8 Å². The lowest BCUT2D eigenvalue weighted by Crippen LogP contribution is -2.18. The van der Waals surface area contributed by atoms with Gasteiger partial charge < -0.3 is 5.32 Å². The van der Waals surface area contributed by atoms with Gasteiger partial charge in [0.1, 0.15) is 0 Å². The average molecular weight is 205 g/mol. The number of para-hydroxylation sites is 1. The largest absolute Gasteiger partial charge is 0.381 e. The van der Waals surface area contributed by atoms with E-state index in [0.717, 1.165) is 5.75 Å². The first-order valence-corrected chi connectivity index (χ1v) is 6.08. The van der Waals surface area contributed by atoms with E-state index < -0.39 is 0 Å². The Bertz CT molecular complexity index is 297. The molecule has 1 nitrogen and oxygen atoms in total. The molecule has 0 saturated heterocycles. The smallest absolute Gasteiger partial charge is 0.0393 e. The lowest BCUT2D eigenvalue weighted by Gasteiger charge is -2.09. The van der Waals surface area contributed by atoms with Crippen molar-refractivity contribution in [2.45, 2.75) is 12.5 Å². The SMILES string of the molecule is C=CCSCC1Cc2ccccc2N1. The molecule has 14 heavy (non-hydrogen) atoms. The molecule has 0 spiro atoms. The van der Waals surface area contributed by atoms with Crippen molar-refractivity contribution >= 4 is 17.4 Å². The number of hydrogen-bond acceptors (Lipinski definition) is 2. The highest BCUT2D eigenvalue weighted by Crippen LogP contribution is 2.26. The molecule has 1 aliphatic heterocycles. The summed E-state index contributed by atoms with van der Waals surface area (Å²) in [7, 11) is 0. The zero-order chi connectivity index (χ0) is 9.80. The fourth-order valence-corrected chi connectivity index (χ4v) is 2.56. The molecule has 0 saturated carbocycles. The second-order valence-electron chi connectivity index (χ2n) is 3.53. The molecule has 1 aromatic carbocycles. The van der Waals surface area contributed by atoms with Crippen LogP contribution in [0, 0.1) is 0 Å². The molecule has 1 atom stereocenters. The maximum atomic E-state index is 3.72. The molecule has 1 heterocycles. The first-order chi connectivity index (χ1) is 6.90. The van der Waals surface area contributed by atoms with Gasteiger partial charge in [-0.1, -0.05) is 24.3 Å². The van der Waals surface area contributed by atoms with E-state index in [0.29, 0.717) is 6.04 Å². The predicted molar refractivity (Wildman–Crippen MR) is 65.1 cm³/mol. The maximum Gasteiger partial charge on any atom is 0.0393 e. The highest BCUT2D eigenvalue weighted by molar-refractivity contribution is 7.99. The van der Waals surface area contributed by atoms with E-state index in [2.05, 4.69) is 36.2 Å². The van der Waals surface area contributed by atoms with E-state index in [1.807, 2.05) is 17.8 Å². The van der Waals surface area contributed by atoms with E-state index in [1.54, 1.807) is 0 Å². The molecule has 1 aromatic rings. The van der Waals surface area contributed by atoms with Gasteiger partial charge in [-0.15, -0.1) is 6.58 Å². The van der Waals surface area contributed by atoms with Crippen LogP contribution in [0.1, 0.15) is 5.56 Å². The highest BCUT2D eigenvalue weighted by Gasteiger charge is 2.18. The van der Waals surface area contributed by atoms with Crippen LogP contribution >= 0.6 is 11.8 Å². The Morgan fingerprint density at radius 2 is 2.36 bits per heavy atom. The number of anilines is 1. The maximum absolute atomic E-state index is 3.72. The summed E-state index contributed by atoms with van der Waals surface area (Å²) in [5.74, 6) is 2.22. The molecule has 2 rings (SSSR count). The minimum atomic E-state index is 0.609. The van der Waals surface area contributed by atoms with Gasteiger partial charge in [0.15, 0.2) is 0 Å². The average Bonchev–Trinajstić information content (AvgIpc) is 2.60. The summed E-state index contributed by atoms with van der Waals surface area (Å²) >= 11 is 1.94. The number of rotatable bonds is 4. The summed E-state index contributed by atoms with van der Waals surface area (Å²) in [6, 6.07) is 9.18. The first-order valence-electron chi connectivity index (χ1n) is 4.93. The number of nitrogens with one attached hydrogen (secondary N) is 1. The summed E-state index contributed by atoms with van der Waals surface area (Å²) in [4.78, 5) is 0. The monoisotopic (exact) mass is 205 g/mol. The van der Waals surface area contributed by atoms with Crippen molar-refractivity contribution in [3.8, 4) is 0 Å². The van der Waals surface area contributed by atoms with Gasteiger partial charge in [0.2, 0.25) is 0 Å². The quantitative estimate of drug-likeness (QED) is 0.599. The normalized spacial score (nSPS) is 18.7.